The number of rotatable bonds is 4. The van der Waals surface area contributed by atoms with Gasteiger partial charge < -0.3 is 4.52 Å². The molecule has 0 fully saturated rings. The summed E-state index contributed by atoms with van der Waals surface area (Å²) in [5, 5.41) is 3.57. The average molecular weight is 266 g/mol. The van der Waals surface area contributed by atoms with E-state index in [0.29, 0.717) is 5.82 Å². The number of hydrogen-bond acceptors (Lipinski definition) is 5. The number of nitrogens with zero attached hydrogens (tertiary/aromatic N) is 2. The van der Waals surface area contributed by atoms with Crippen molar-refractivity contribution in [3.8, 4) is 0 Å². The molecule has 0 aliphatic rings. The first-order chi connectivity index (χ1) is 8.44. The first kappa shape index (κ1) is 12.8. The minimum Gasteiger partial charge on any atom is -0.338 e. The lowest BCUT2D eigenvalue weighted by atomic mass is 10.2. The number of benzene rings is 1. The molecule has 18 heavy (non-hydrogen) atoms. The molecule has 0 aliphatic carbocycles. The Morgan fingerprint density at radius 2 is 2.00 bits per heavy atom. The first-order valence-electron chi connectivity index (χ1n) is 5.50. The van der Waals surface area contributed by atoms with Crippen molar-refractivity contribution in [3.63, 3.8) is 0 Å². The Hall–Kier alpha value is -1.69. The zero-order valence-corrected chi connectivity index (χ0v) is 11.1. The smallest absolute Gasteiger partial charge is 0.241 e. The fourth-order valence-corrected chi connectivity index (χ4v) is 2.98. The van der Waals surface area contributed by atoms with Crippen LogP contribution in [0.3, 0.4) is 0 Å². The van der Waals surface area contributed by atoms with E-state index in [1.54, 1.807) is 13.0 Å². The molecule has 0 saturated heterocycles. The monoisotopic (exact) mass is 266 g/mol. The van der Waals surface area contributed by atoms with Crippen molar-refractivity contribution in [1.82, 2.24) is 10.1 Å². The SMILES string of the molecule is Cc1cccc(CS(=O)(=O)Cc2nc(C)no2)c1. The van der Waals surface area contributed by atoms with Crippen LogP contribution >= 0.6 is 0 Å². The molecular weight excluding hydrogens is 252 g/mol. The highest BCUT2D eigenvalue weighted by atomic mass is 32.2. The van der Waals surface area contributed by atoms with Gasteiger partial charge in [0.1, 0.15) is 5.75 Å². The first-order valence-corrected chi connectivity index (χ1v) is 7.32. The molecule has 5 nitrogen and oxygen atoms in total. The van der Waals surface area contributed by atoms with Gasteiger partial charge in [0.15, 0.2) is 15.7 Å². The molecule has 2 rings (SSSR count). The van der Waals surface area contributed by atoms with Crippen LogP contribution in [0, 0.1) is 13.8 Å². The fraction of sp³-hybridized carbons (Fsp3) is 0.333. The summed E-state index contributed by atoms with van der Waals surface area (Å²) in [5.74, 6) is 0.341. The molecule has 1 heterocycles. The van der Waals surface area contributed by atoms with E-state index in [-0.39, 0.29) is 17.4 Å². The van der Waals surface area contributed by atoms with Crippen molar-refractivity contribution in [1.29, 1.82) is 0 Å². The van der Waals surface area contributed by atoms with E-state index in [1.807, 2.05) is 25.1 Å². The van der Waals surface area contributed by atoms with Crippen LogP contribution in [0.2, 0.25) is 0 Å². The van der Waals surface area contributed by atoms with Gasteiger partial charge in [-0.15, -0.1) is 0 Å². The predicted octanol–water partition coefficient (Wildman–Crippen LogP) is 1.80. The normalized spacial score (nSPS) is 11.7. The summed E-state index contributed by atoms with van der Waals surface area (Å²) in [6.07, 6.45) is 0. The molecule has 2 aromatic rings. The molecule has 0 spiro atoms. The van der Waals surface area contributed by atoms with Crippen molar-refractivity contribution in [3.05, 3.63) is 47.1 Å². The van der Waals surface area contributed by atoms with Crippen LogP contribution in [0.25, 0.3) is 0 Å². The minimum absolute atomic E-state index is 0.0178. The zero-order chi connectivity index (χ0) is 13.2. The molecule has 0 radical (unpaired) electrons. The Kier molecular flexibility index (Phi) is 3.47. The maximum atomic E-state index is 12.0. The van der Waals surface area contributed by atoms with Crippen molar-refractivity contribution >= 4 is 9.84 Å². The van der Waals surface area contributed by atoms with Crippen LogP contribution in [0.5, 0.6) is 0 Å². The molecule has 6 heteroatoms. The Morgan fingerprint density at radius 3 is 2.61 bits per heavy atom. The van der Waals surface area contributed by atoms with Crippen LogP contribution < -0.4 is 0 Å². The van der Waals surface area contributed by atoms with Gasteiger partial charge in [0.2, 0.25) is 5.89 Å². The third-order valence-corrected chi connectivity index (χ3v) is 3.84. The second kappa shape index (κ2) is 4.89. The predicted molar refractivity (Wildman–Crippen MR) is 66.5 cm³/mol. The summed E-state index contributed by atoms with van der Waals surface area (Å²) in [7, 11) is -3.29. The maximum Gasteiger partial charge on any atom is 0.241 e. The third kappa shape index (κ3) is 3.40. The molecule has 0 saturated carbocycles. The Labute approximate surface area is 106 Å². The second-order valence-electron chi connectivity index (χ2n) is 4.26. The summed E-state index contributed by atoms with van der Waals surface area (Å²) in [6.45, 7) is 3.58. The molecule has 0 atom stereocenters. The highest BCUT2D eigenvalue weighted by Crippen LogP contribution is 2.12. The van der Waals surface area contributed by atoms with Gasteiger partial charge in [-0.1, -0.05) is 35.0 Å². The Balaban J connectivity index is 2.12. The molecule has 0 amide bonds. The Morgan fingerprint density at radius 1 is 1.22 bits per heavy atom. The van der Waals surface area contributed by atoms with Crippen LogP contribution in [-0.4, -0.2) is 18.6 Å². The van der Waals surface area contributed by atoms with Gasteiger partial charge >= 0.3 is 0 Å². The van der Waals surface area contributed by atoms with E-state index >= 15 is 0 Å². The van der Waals surface area contributed by atoms with E-state index in [2.05, 4.69) is 10.1 Å². The van der Waals surface area contributed by atoms with E-state index in [9.17, 15) is 8.42 Å². The molecular formula is C12H14N2O3S. The summed E-state index contributed by atoms with van der Waals surface area (Å²) in [6, 6.07) is 7.43. The van der Waals surface area contributed by atoms with Gasteiger partial charge in [0, 0.05) is 0 Å². The van der Waals surface area contributed by atoms with E-state index < -0.39 is 9.84 Å². The van der Waals surface area contributed by atoms with Gasteiger partial charge in [-0.25, -0.2) is 8.42 Å². The van der Waals surface area contributed by atoms with Gasteiger partial charge in [-0.05, 0) is 19.4 Å². The summed E-state index contributed by atoms with van der Waals surface area (Å²) < 4.78 is 28.7. The molecule has 0 N–H and O–H groups in total. The van der Waals surface area contributed by atoms with E-state index in [4.69, 9.17) is 4.52 Å². The number of aromatic nitrogens is 2. The molecule has 1 aromatic heterocycles. The van der Waals surface area contributed by atoms with E-state index in [1.165, 1.54) is 0 Å². The van der Waals surface area contributed by atoms with Crippen LogP contribution in [0.1, 0.15) is 22.8 Å². The van der Waals surface area contributed by atoms with Crippen molar-refractivity contribution in [2.45, 2.75) is 25.4 Å². The van der Waals surface area contributed by atoms with Crippen molar-refractivity contribution in [2.75, 3.05) is 0 Å². The molecule has 0 bridgehead atoms. The van der Waals surface area contributed by atoms with Crippen LogP contribution in [-0.2, 0) is 21.3 Å². The zero-order valence-electron chi connectivity index (χ0n) is 10.3. The summed E-state index contributed by atoms with van der Waals surface area (Å²) in [5.41, 5.74) is 1.81. The third-order valence-electron chi connectivity index (χ3n) is 2.38. The van der Waals surface area contributed by atoms with E-state index in [0.717, 1.165) is 11.1 Å². The standard InChI is InChI=1S/C12H14N2O3S/c1-9-4-3-5-11(6-9)7-18(15,16)8-12-13-10(2)14-17-12/h3-6H,7-8H2,1-2H3. The highest BCUT2D eigenvalue weighted by Gasteiger charge is 2.17. The van der Waals surface area contributed by atoms with Crippen LogP contribution in [0.15, 0.2) is 28.8 Å². The molecule has 1 aromatic carbocycles. The number of aryl methyl sites for hydroxylation is 2. The molecule has 96 valence electrons. The lowest BCUT2D eigenvalue weighted by Gasteiger charge is -2.02. The lowest BCUT2D eigenvalue weighted by molar-refractivity contribution is 0.384. The summed E-state index contributed by atoms with van der Waals surface area (Å²) in [4.78, 5) is 3.90. The van der Waals surface area contributed by atoms with Gasteiger partial charge in [0.05, 0.1) is 5.75 Å². The Bertz CT molecular complexity index is 647. The summed E-state index contributed by atoms with van der Waals surface area (Å²) >= 11 is 0. The largest absolute Gasteiger partial charge is 0.338 e. The number of sulfone groups is 1. The lowest BCUT2D eigenvalue weighted by Crippen LogP contribution is -2.08. The topological polar surface area (TPSA) is 73.1 Å². The highest BCUT2D eigenvalue weighted by molar-refractivity contribution is 7.89. The second-order valence-corrected chi connectivity index (χ2v) is 6.32. The molecule has 0 unspecified atom stereocenters. The van der Waals surface area contributed by atoms with Gasteiger partial charge in [0.25, 0.3) is 0 Å². The van der Waals surface area contributed by atoms with Gasteiger partial charge in [-0.3, -0.25) is 0 Å². The van der Waals surface area contributed by atoms with Crippen molar-refractivity contribution in [2.24, 2.45) is 0 Å². The average Bonchev–Trinajstić information content (AvgIpc) is 2.62. The van der Waals surface area contributed by atoms with Gasteiger partial charge in [-0.2, -0.15) is 4.98 Å². The quantitative estimate of drug-likeness (QED) is 0.843. The number of hydrogen-bond donors (Lipinski definition) is 0. The van der Waals surface area contributed by atoms with Crippen LogP contribution in [0.4, 0.5) is 0 Å². The minimum atomic E-state index is -3.29. The van der Waals surface area contributed by atoms with Crippen molar-refractivity contribution < 1.29 is 12.9 Å². The maximum absolute atomic E-state index is 12.0. The molecule has 0 aliphatic heterocycles. The fourth-order valence-electron chi connectivity index (χ4n) is 1.69.